The van der Waals surface area contributed by atoms with Gasteiger partial charge in [-0.05, 0) is 298 Å². The van der Waals surface area contributed by atoms with Gasteiger partial charge in [0.1, 0.15) is 0 Å². The molecule has 0 saturated carbocycles. The minimum Gasteiger partial charge on any atom is -0.166 e. The maximum Gasteiger partial charge on any atom is 0.417 e. The molecular weight excluding hydrogens is 2450 g/mol. The van der Waals surface area contributed by atoms with Crippen LogP contribution in [0.4, 0.5) is 52.7 Å². The van der Waals surface area contributed by atoms with Gasteiger partial charge >= 0.3 is 24.7 Å². The van der Waals surface area contributed by atoms with Gasteiger partial charge in [0, 0.05) is 64.8 Å². The van der Waals surface area contributed by atoms with Crippen LogP contribution in [0.1, 0.15) is 33.4 Å². The molecule has 0 amide bonds. The monoisotopic (exact) mass is 2510 g/mol. The molecule has 0 fully saturated rings. The lowest BCUT2D eigenvalue weighted by atomic mass is 9.90. The van der Waals surface area contributed by atoms with Gasteiger partial charge in [0.25, 0.3) is 0 Å². The number of benzene rings is 15. The second kappa shape index (κ2) is 36.0. The Labute approximate surface area is 816 Å². The minimum absolute atomic E-state index is 0.116. The zero-order chi connectivity index (χ0) is 91.2. The Hall–Kier alpha value is -4.35. The van der Waals surface area contributed by atoms with Crippen LogP contribution in [-0.4, -0.2) is 32.3 Å². The fourth-order valence-corrected chi connectivity index (χ4v) is 33.3. The molecule has 15 aromatic carbocycles. The van der Waals surface area contributed by atoms with Crippen molar-refractivity contribution in [3.05, 3.63) is 281 Å². The minimum atomic E-state index is -5.29. The third-order valence-corrected chi connectivity index (χ3v) is 39.2. The van der Waals surface area contributed by atoms with Crippen molar-refractivity contribution in [2.45, 2.75) is 117 Å². The van der Waals surface area contributed by atoms with Gasteiger partial charge in [0.2, 0.25) is 0 Å². The van der Waals surface area contributed by atoms with E-state index in [0.29, 0.717) is 44.3 Å². The summed E-state index contributed by atoms with van der Waals surface area (Å²) in [5.74, 6) is 0. The Morgan fingerprint density at radius 2 is 0.347 bits per heavy atom. The van der Waals surface area contributed by atoms with Crippen LogP contribution in [0.25, 0.3) is 131 Å². The van der Waals surface area contributed by atoms with Gasteiger partial charge < -0.3 is 0 Å². The van der Waals surface area contributed by atoms with Crippen molar-refractivity contribution in [1.82, 2.24) is 0 Å². The fourth-order valence-electron chi connectivity index (χ4n) is 15.8. The van der Waals surface area contributed by atoms with E-state index >= 15 is 0 Å². The quantitative estimate of drug-likeness (QED) is 0.0946. The molecule has 0 aliphatic heterocycles. The summed E-state index contributed by atoms with van der Waals surface area (Å²) < 4.78 is 172. The van der Waals surface area contributed by atoms with Crippen molar-refractivity contribution in [2.24, 2.45) is 0 Å². The van der Waals surface area contributed by atoms with Gasteiger partial charge in [-0.3, -0.25) is 0 Å². The van der Waals surface area contributed by atoms with Crippen LogP contribution >= 0.6 is 191 Å². The van der Waals surface area contributed by atoms with E-state index < -0.39 is 79.3 Å². The predicted molar refractivity (Wildman–Crippen MR) is 551 cm³/mol. The van der Waals surface area contributed by atoms with Crippen LogP contribution in [-0.2, 0) is 24.7 Å². The predicted octanol–water partition coefficient (Wildman–Crippen LogP) is 38.0. The van der Waals surface area contributed by atoms with E-state index in [-0.39, 0.29) is 41.6 Å². The zero-order valence-corrected chi connectivity index (χ0v) is 91.6. The standard InChI is InChI=1S/C38H46Br4Si4.C30H10Br4F12.C28H18Br4/c1-43(2,3)35-17-23-13-27(31(39)15-25(23)19-37(35)45(7,8)9)29-21-34(42)30(22-33(29)41)28-14-24-18-36(44(4,5)6)38(46(10,11)12)20-26(24)16-32(28)40;31-23-7-13-5-21(29(41,42)43)19(27(35,36)37)3-11(13)1-15(23)17-9-26(34)18(10-25(17)33)16-2-12-4-20(28(38,39)40)22(30(44,45)46)6-14(12)8-24(16)32;1-15-25(21-11-17-7-3-5-9-19(17)13-23(21)29)28(32)16(2)26(27(15)31)22-12-18-8-4-6-10-20(18)14-24(22)30/h13-22H,1-12H3;1-10H;3-14H,1-2H3. The summed E-state index contributed by atoms with van der Waals surface area (Å²) in [7, 11) is -6.04. The molecule has 124 heavy (non-hydrogen) atoms. The fraction of sp³-hybridized carbons (Fsp3) is 0.188. The van der Waals surface area contributed by atoms with Gasteiger partial charge in [-0.25, -0.2) is 0 Å². The SMILES string of the molecule is C[Si](C)(C)c1cc2cc(Br)c(-c3cc(Br)c(-c4cc5cc([Si](C)(C)C)c([Si](C)(C)C)cc5cc4Br)cc3Br)cc2cc1[Si](C)(C)C.Cc1c(Br)c(-c2cc3ccccc3cc2Br)c(C)c(Br)c1-c1cc2ccccc2cc1Br.FC(F)(F)c1cc2cc(Br)c(-c3cc(Br)c(-c4cc5cc(C(F)(F)F)c(C(F)(F)F)cc5cc4Br)cc3Br)cc2cc1C(F)(F)F. The number of halogens is 24. The van der Waals surface area contributed by atoms with Crippen molar-refractivity contribution >= 4 is 309 Å². The topological polar surface area (TPSA) is 0 Å². The first-order valence-electron chi connectivity index (χ1n) is 38.5. The molecule has 0 atom stereocenters. The van der Waals surface area contributed by atoms with Crippen molar-refractivity contribution in [3.8, 4) is 66.8 Å². The molecule has 0 aliphatic rings. The smallest absolute Gasteiger partial charge is 0.166 e. The molecule has 0 saturated heterocycles. The van der Waals surface area contributed by atoms with Crippen molar-refractivity contribution < 1.29 is 52.7 Å². The highest BCUT2D eigenvalue weighted by Crippen LogP contribution is 2.53. The van der Waals surface area contributed by atoms with Crippen molar-refractivity contribution in [3.63, 3.8) is 0 Å². The lowest BCUT2D eigenvalue weighted by molar-refractivity contribution is -0.161. The molecule has 642 valence electrons. The Bertz CT molecular complexity index is 6180. The summed E-state index contributed by atoms with van der Waals surface area (Å²) in [5.41, 5.74) is 5.83. The van der Waals surface area contributed by atoms with Crippen molar-refractivity contribution in [1.29, 1.82) is 0 Å². The molecular formula is C96H74Br12F12Si4. The molecule has 0 heterocycles. The molecule has 0 bridgehead atoms. The molecule has 0 unspecified atom stereocenters. The molecule has 0 nitrogen and oxygen atoms in total. The van der Waals surface area contributed by atoms with Gasteiger partial charge in [-0.15, -0.1) is 0 Å². The van der Waals surface area contributed by atoms with Crippen LogP contribution in [0.3, 0.4) is 0 Å². The van der Waals surface area contributed by atoms with Crippen molar-refractivity contribution in [2.75, 3.05) is 0 Å². The summed E-state index contributed by atoms with van der Waals surface area (Å²) >= 11 is 44.9. The Kier molecular flexibility index (Phi) is 28.2. The average Bonchev–Trinajstić information content (AvgIpc) is 0.756. The number of alkyl halides is 12. The molecule has 0 N–H and O–H groups in total. The largest absolute Gasteiger partial charge is 0.417 e. The molecule has 0 radical (unpaired) electrons. The van der Waals surface area contributed by atoms with E-state index in [2.05, 4.69) is 417 Å². The van der Waals surface area contributed by atoms with E-state index in [1.807, 2.05) is 0 Å². The number of rotatable bonds is 10. The average molecular weight is 2530 g/mol. The maximum absolute atomic E-state index is 13.6. The molecule has 0 spiro atoms. The first kappa shape index (κ1) is 97.2. The molecule has 0 aromatic heterocycles. The number of hydrogen-bond acceptors (Lipinski definition) is 0. The zero-order valence-electron chi connectivity index (χ0n) is 68.5. The summed E-state index contributed by atoms with van der Waals surface area (Å²) in [5, 5.41) is 16.1. The van der Waals surface area contributed by atoms with Gasteiger partial charge in [-0.1, -0.05) is 331 Å². The van der Waals surface area contributed by atoms with E-state index in [9.17, 15) is 52.7 Å². The number of fused-ring (bicyclic) bond motifs is 6. The van der Waals surface area contributed by atoms with Crippen LogP contribution in [0.5, 0.6) is 0 Å². The number of hydrogen-bond donors (Lipinski definition) is 0. The Morgan fingerprint density at radius 3 is 0.556 bits per heavy atom. The maximum atomic E-state index is 13.6. The van der Waals surface area contributed by atoms with Gasteiger partial charge in [-0.2, -0.15) is 52.7 Å². The Balaban J connectivity index is 0.000000163. The molecule has 28 heteroatoms. The van der Waals surface area contributed by atoms with E-state index in [1.165, 1.54) is 135 Å². The first-order valence-corrected chi connectivity index (χ1v) is 62.1. The van der Waals surface area contributed by atoms with Crippen LogP contribution in [0, 0.1) is 13.8 Å². The molecule has 0 aliphatic carbocycles. The van der Waals surface area contributed by atoms with Crippen LogP contribution < -0.4 is 20.7 Å². The van der Waals surface area contributed by atoms with Gasteiger partial charge in [0.15, 0.2) is 0 Å². The van der Waals surface area contributed by atoms with Crippen LogP contribution in [0.15, 0.2) is 248 Å². The summed E-state index contributed by atoms with van der Waals surface area (Å²) in [6, 6.07) is 59.6. The third kappa shape index (κ3) is 20.2. The third-order valence-electron chi connectivity index (χ3n) is 22.0. The Morgan fingerprint density at radius 1 is 0.194 bits per heavy atom. The summed E-state index contributed by atoms with van der Waals surface area (Å²) in [6.07, 6.45) is -21.1. The highest BCUT2D eigenvalue weighted by Gasteiger charge is 2.45. The second-order valence-corrected chi connectivity index (χ2v) is 65.2. The lowest BCUT2D eigenvalue weighted by Crippen LogP contribution is -2.56. The highest BCUT2D eigenvalue weighted by molar-refractivity contribution is 9.12. The molecule has 15 aromatic rings. The second-order valence-electron chi connectivity index (χ2n) is 34.9. The molecule has 15 rings (SSSR count). The summed E-state index contributed by atoms with van der Waals surface area (Å²) in [4.78, 5) is 0. The van der Waals surface area contributed by atoms with Crippen LogP contribution in [0.2, 0.25) is 78.6 Å². The van der Waals surface area contributed by atoms with E-state index in [1.54, 1.807) is 20.7 Å². The first-order chi connectivity index (χ1) is 57.3. The highest BCUT2D eigenvalue weighted by atomic mass is 79.9. The lowest BCUT2D eigenvalue weighted by Gasteiger charge is -2.29. The normalized spacial score (nSPS) is 12.8. The van der Waals surface area contributed by atoms with E-state index in [0.717, 1.165) is 35.8 Å². The van der Waals surface area contributed by atoms with E-state index in [4.69, 9.17) is 0 Å². The summed E-state index contributed by atoms with van der Waals surface area (Å²) in [6.45, 7) is 34.1. The van der Waals surface area contributed by atoms with Gasteiger partial charge in [0.05, 0.1) is 54.5 Å².